The number of alkyl carbamates (subject to hydrolysis) is 1. The predicted octanol–water partition coefficient (Wildman–Crippen LogP) is 4.61. The Morgan fingerprint density at radius 2 is 1.61 bits per heavy atom. The molecule has 2 fully saturated rings. The van der Waals surface area contributed by atoms with Gasteiger partial charge in [-0.3, -0.25) is 4.57 Å². The number of carbonyl (C=O) groups is 1. The number of carbonyl (C=O) groups excluding carboxylic acids is 1. The van der Waals surface area contributed by atoms with Crippen LogP contribution < -0.4 is 20.9 Å². The Labute approximate surface area is 265 Å². The van der Waals surface area contributed by atoms with Crippen LogP contribution in [0, 0.1) is 0 Å². The molecule has 2 aromatic heterocycles. The first-order chi connectivity index (χ1) is 22.5. The predicted molar refractivity (Wildman–Crippen MR) is 169 cm³/mol. The lowest BCUT2D eigenvalue weighted by Gasteiger charge is -2.30. The summed E-state index contributed by atoms with van der Waals surface area (Å²) in [5, 5.41) is 9.85. The van der Waals surface area contributed by atoms with Gasteiger partial charge < -0.3 is 30.3 Å². The average Bonchev–Trinajstić information content (AvgIpc) is 3.49. The fourth-order valence-corrected chi connectivity index (χ4v) is 5.81. The van der Waals surface area contributed by atoms with E-state index < -0.39 is 18.3 Å². The third-order valence-electron chi connectivity index (χ3n) is 8.22. The van der Waals surface area contributed by atoms with Gasteiger partial charge in [0, 0.05) is 31.7 Å². The van der Waals surface area contributed by atoms with Crippen molar-refractivity contribution in [2.24, 2.45) is 0 Å². The van der Waals surface area contributed by atoms with Crippen LogP contribution in [0.2, 0.25) is 0 Å². The molecule has 1 amide bonds. The molecule has 3 heterocycles. The smallest absolute Gasteiger partial charge is 0.407 e. The van der Waals surface area contributed by atoms with Crippen molar-refractivity contribution in [3.63, 3.8) is 0 Å². The second-order valence-corrected chi connectivity index (χ2v) is 11.4. The first-order valence-corrected chi connectivity index (χ1v) is 15.8. The van der Waals surface area contributed by atoms with Crippen molar-refractivity contribution in [1.29, 1.82) is 0 Å². The van der Waals surface area contributed by atoms with Crippen LogP contribution in [0.4, 0.5) is 25.5 Å². The maximum absolute atomic E-state index is 14.1. The number of ether oxygens (including phenoxy) is 2. The zero-order valence-corrected chi connectivity index (χ0v) is 25.6. The van der Waals surface area contributed by atoms with Gasteiger partial charge in [-0.05, 0) is 56.3 Å². The van der Waals surface area contributed by atoms with Gasteiger partial charge in [-0.1, -0.05) is 42.5 Å². The van der Waals surface area contributed by atoms with Gasteiger partial charge in [0.05, 0.1) is 24.2 Å². The van der Waals surface area contributed by atoms with Gasteiger partial charge in [-0.25, -0.2) is 18.6 Å². The highest BCUT2D eigenvalue weighted by Crippen LogP contribution is 2.28. The SMILES string of the molecule is O=C(NCCCN[C@H]1CC[C@H](Nc2nc(N3CCOCC3)nc(-n3c(C(F)F)nc4ccccc43)n2)CC1)OCc1ccccc1. The second kappa shape index (κ2) is 15.2. The molecule has 0 spiro atoms. The molecular formula is C32H39F2N9O3. The number of benzene rings is 2. The molecule has 1 aliphatic carbocycles. The summed E-state index contributed by atoms with van der Waals surface area (Å²) in [5.74, 6) is 0.473. The van der Waals surface area contributed by atoms with Gasteiger partial charge >= 0.3 is 6.09 Å². The molecule has 0 unspecified atom stereocenters. The van der Waals surface area contributed by atoms with E-state index in [1.807, 2.05) is 35.2 Å². The van der Waals surface area contributed by atoms with Crippen LogP contribution in [0.25, 0.3) is 17.0 Å². The second-order valence-electron chi connectivity index (χ2n) is 11.4. The third-order valence-corrected chi connectivity index (χ3v) is 8.22. The highest BCUT2D eigenvalue weighted by Gasteiger charge is 2.26. The van der Waals surface area contributed by atoms with E-state index >= 15 is 0 Å². The minimum Gasteiger partial charge on any atom is -0.445 e. The number of fused-ring (bicyclic) bond motifs is 1. The van der Waals surface area contributed by atoms with Crippen LogP contribution in [-0.4, -0.2) is 82.1 Å². The lowest BCUT2D eigenvalue weighted by Crippen LogP contribution is -2.39. The van der Waals surface area contributed by atoms with Crippen molar-refractivity contribution in [2.75, 3.05) is 49.6 Å². The highest BCUT2D eigenvalue weighted by molar-refractivity contribution is 5.77. The van der Waals surface area contributed by atoms with Crippen LogP contribution in [0.1, 0.15) is 49.9 Å². The van der Waals surface area contributed by atoms with Crippen molar-refractivity contribution >= 4 is 29.0 Å². The summed E-state index contributed by atoms with van der Waals surface area (Å²) in [4.78, 5) is 32.1. The Morgan fingerprint density at radius 3 is 2.39 bits per heavy atom. The molecule has 4 aromatic rings. The lowest BCUT2D eigenvalue weighted by molar-refractivity contribution is 0.122. The van der Waals surface area contributed by atoms with E-state index in [4.69, 9.17) is 14.5 Å². The molecule has 1 aliphatic heterocycles. The number of morpholine rings is 1. The van der Waals surface area contributed by atoms with Crippen LogP contribution in [0.15, 0.2) is 54.6 Å². The van der Waals surface area contributed by atoms with Crippen LogP contribution in [0.5, 0.6) is 0 Å². The molecule has 6 rings (SSSR count). The van der Waals surface area contributed by atoms with Crippen molar-refractivity contribution in [3.8, 4) is 5.95 Å². The number of nitrogens with one attached hydrogen (secondary N) is 3. The van der Waals surface area contributed by atoms with E-state index in [2.05, 4.69) is 30.9 Å². The Balaban J connectivity index is 1.03. The minimum atomic E-state index is -2.81. The average molecular weight is 636 g/mol. The van der Waals surface area contributed by atoms with Crippen molar-refractivity contribution in [2.45, 2.75) is 57.2 Å². The van der Waals surface area contributed by atoms with Crippen LogP contribution in [-0.2, 0) is 16.1 Å². The minimum absolute atomic E-state index is 0.107. The summed E-state index contributed by atoms with van der Waals surface area (Å²) in [6, 6.07) is 17.1. The molecule has 2 aliphatic rings. The van der Waals surface area contributed by atoms with Gasteiger partial charge in [-0.2, -0.15) is 15.0 Å². The van der Waals surface area contributed by atoms with Crippen molar-refractivity contribution in [3.05, 3.63) is 66.0 Å². The van der Waals surface area contributed by atoms with Gasteiger partial charge in [0.2, 0.25) is 17.8 Å². The number of halogens is 2. The molecular weight excluding hydrogens is 596 g/mol. The summed E-state index contributed by atoms with van der Waals surface area (Å²) in [6.45, 7) is 3.82. The molecule has 244 valence electrons. The summed E-state index contributed by atoms with van der Waals surface area (Å²) in [6.07, 6.45) is 1.28. The molecule has 0 radical (unpaired) electrons. The molecule has 0 bridgehead atoms. The maximum Gasteiger partial charge on any atom is 0.407 e. The van der Waals surface area contributed by atoms with E-state index in [9.17, 15) is 13.6 Å². The van der Waals surface area contributed by atoms with Gasteiger partial charge in [0.25, 0.3) is 6.43 Å². The Bertz CT molecular complexity index is 1580. The number of aromatic nitrogens is 5. The quantitative estimate of drug-likeness (QED) is 0.190. The Morgan fingerprint density at radius 1 is 0.891 bits per heavy atom. The molecule has 12 nitrogen and oxygen atoms in total. The number of imidazole rings is 1. The molecule has 0 atom stereocenters. The van der Waals surface area contributed by atoms with E-state index in [1.165, 1.54) is 4.57 Å². The lowest BCUT2D eigenvalue weighted by atomic mass is 9.91. The normalized spacial score (nSPS) is 18.5. The van der Waals surface area contributed by atoms with Crippen LogP contribution >= 0.6 is 0 Å². The number of hydrogen-bond donors (Lipinski definition) is 3. The maximum atomic E-state index is 14.1. The standard InChI is InChI=1S/C32H39F2N9O3/c33-27(34)28-38-25-9-4-5-10-26(25)43(28)31-40-29(39-30(41-31)42-17-19-45-20-18-42)37-24-13-11-23(12-14-24)35-15-6-16-36-32(44)46-21-22-7-2-1-3-8-22/h1-5,7-10,23-24,27,35H,6,11-21H2,(H,36,44)(H,37,39,40,41)/t23-,24-. The van der Waals surface area contributed by atoms with E-state index in [-0.39, 0.29) is 18.6 Å². The summed E-state index contributed by atoms with van der Waals surface area (Å²) >= 11 is 0. The number of para-hydroxylation sites is 2. The number of nitrogens with zero attached hydrogens (tertiary/aromatic N) is 6. The number of alkyl halides is 2. The van der Waals surface area contributed by atoms with Gasteiger partial charge in [0.15, 0.2) is 5.82 Å². The molecule has 3 N–H and O–H groups in total. The van der Waals surface area contributed by atoms with E-state index in [1.54, 1.807) is 24.3 Å². The van der Waals surface area contributed by atoms with E-state index in [0.717, 1.165) is 44.2 Å². The number of anilines is 2. The van der Waals surface area contributed by atoms with Gasteiger partial charge in [0.1, 0.15) is 6.61 Å². The largest absolute Gasteiger partial charge is 0.445 e. The van der Waals surface area contributed by atoms with Crippen LogP contribution in [0.3, 0.4) is 0 Å². The number of rotatable bonds is 12. The molecule has 2 aromatic carbocycles. The summed E-state index contributed by atoms with van der Waals surface area (Å²) < 4.78 is 40.4. The summed E-state index contributed by atoms with van der Waals surface area (Å²) in [5.41, 5.74) is 1.91. The first kappa shape index (κ1) is 31.5. The molecule has 1 saturated heterocycles. The third kappa shape index (κ3) is 8.04. The molecule has 1 saturated carbocycles. The fraction of sp³-hybridized carbons (Fsp3) is 0.469. The zero-order valence-electron chi connectivity index (χ0n) is 25.6. The number of hydrogen-bond acceptors (Lipinski definition) is 10. The Kier molecular flexibility index (Phi) is 10.4. The van der Waals surface area contributed by atoms with Gasteiger partial charge in [-0.15, -0.1) is 0 Å². The summed E-state index contributed by atoms with van der Waals surface area (Å²) in [7, 11) is 0. The first-order valence-electron chi connectivity index (χ1n) is 15.8. The molecule has 14 heteroatoms. The monoisotopic (exact) mass is 635 g/mol. The molecule has 46 heavy (non-hydrogen) atoms. The van der Waals surface area contributed by atoms with Crippen molar-refractivity contribution < 1.29 is 23.0 Å². The number of amides is 1. The Hall–Kier alpha value is -4.43. The zero-order chi connectivity index (χ0) is 31.7. The van der Waals surface area contributed by atoms with E-state index in [0.29, 0.717) is 61.8 Å². The van der Waals surface area contributed by atoms with Crippen molar-refractivity contribution in [1.82, 2.24) is 35.1 Å². The topological polar surface area (TPSA) is 131 Å². The fourth-order valence-electron chi connectivity index (χ4n) is 5.81. The highest BCUT2D eigenvalue weighted by atomic mass is 19.3.